The van der Waals surface area contributed by atoms with Gasteiger partial charge in [-0.1, -0.05) is 28.9 Å². The van der Waals surface area contributed by atoms with Crippen molar-refractivity contribution in [3.8, 4) is 0 Å². The lowest BCUT2D eigenvalue weighted by atomic mass is 9.99. The first-order valence-corrected chi connectivity index (χ1v) is 8.94. The zero-order valence-electron chi connectivity index (χ0n) is 12.7. The van der Waals surface area contributed by atoms with Gasteiger partial charge in [-0.05, 0) is 56.3 Å². The Hall–Kier alpha value is -0.580. The van der Waals surface area contributed by atoms with Gasteiger partial charge in [0, 0.05) is 28.8 Å². The van der Waals surface area contributed by atoms with Crippen LogP contribution in [0.25, 0.3) is 0 Å². The molecule has 2 bridgehead atoms. The van der Waals surface area contributed by atoms with Gasteiger partial charge in [0.15, 0.2) is 0 Å². The summed E-state index contributed by atoms with van der Waals surface area (Å²) >= 11 is 3.72. The van der Waals surface area contributed by atoms with Crippen LogP contribution in [0.5, 0.6) is 0 Å². The molecule has 0 spiro atoms. The highest BCUT2D eigenvalue weighted by Crippen LogP contribution is 2.40. The number of hydrogen-bond donors (Lipinski definition) is 2. The molecule has 4 heteroatoms. The van der Waals surface area contributed by atoms with Gasteiger partial charge in [-0.3, -0.25) is 0 Å². The smallest absolute Gasteiger partial charge is 0.0579 e. The number of anilines is 1. The predicted octanol–water partition coefficient (Wildman–Crippen LogP) is 3.44. The lowest BCUT2D eigenvalue weighted by Gasteiger charge is -2.39. The third-order valence-corrected chi connectivity index (χ3v) is 5.52. The average molecular weight is 353 g/mol. The van der Waals surface area contributed by atoms with Crippen molar-refractivity contribution < 1.29 is 5.11 Å². The van der Waals surface area contributed by atoms with Gasteiger partial charge >= 0.3 is 0 Å². The predicted molar refractivity (Wildman–Crippen MR) is 90.7 cm³/mol. The highest BCUT2D eigenvalue weighted by molar-refractivity contribution is 9.10. The summed E-state index contributed by atoms with van der Waals surface area (Å²) in [6.07, 6.45) is 5.36. The number of benzene rings is 1. The van der Waals surface area contributed by atoms with Gasteiger partial charge in [0.2, 0.25) is 0 Å². The van der Waals surface area contributed by atoms with Crippen molar-refractivity contribution in [2.75, 3.05) is 11.4 Å². The molecular formula is C17H25BrN2O. The van der Waals surface area contributed by atoms with E-state index < -0.39 is 0 Å². The zero-order chi connectivity index (χ0) is 14.8. The lowest BCUT2D eigenvalue weighted by Crippen LogP contribution is -2.44. The number of halogens is 1. The first-order chi connectivity index (χ1) is 10.2. The molecule has 3 rings (SSSR count). The largest absolute Gasteiger partial charge is 0.393 e. The molecule has 2 unspecified atom stereocenters. The topological polar surface area (TPSA) is 35.5 Å². The Morgan fingerprint density at radius 1 is 1.29 bits per heavy atom. The van der Waals surface area contributed by atoms with Crippen LogP contribution in [0, 0.1) is 0 Å². The maximum absolute atomic E-state index is 9.93. The summed E-state index contributed by atoms with van der Waals surface area (Å²) in [6.45, 7) is 4.16. The number of nitrogens with zero attached hydrogens (tertiary/aromatic N) is 1. The summed E-state index contributed by atoms with van der Waals surface area (Å²) in [7, 11) is 0. The Kier molecular flexibility index (Phi) is 4.87. The third-order valence-electron chi connectivity index (χ3n) is 4.79. The first-order valence-electron chi connectivity index (χ1n) is 8.14. The maximum Gasteiger partial charge on any atom is 0.0579 e. The van der Waals surface area contributed by atoms with E-state index in [2.05, 4.69) is 51.3 Å². The average Bonchev–Trinajstić information content (AvgIpc) is 2.73. The zero-order valence-corrected chi connectivity index (χ0v) is 14.3. The van der Waals surface area contributed by atoms with Crippen LogP contribution in [0.15, 0.2) is 22.7 Å². The number of fused-ring (bicyclic) bond motifs is 2. The van der Waals surface area contributed by atoms with Crippen LogP contribution in [0.4, 0.5) is 5.69 Å². The van der Waals surface area contributed by atoms with E-state index in [-0.39, 0.29) is 6.10 Å². The number of aliphatic hydroxyl groups is 1. The van der Waals surface area contributed by atoms with Gasteiger partial charge in [0.1, 0.15) is 0 Å². The molecule has 1 aromatic carbocycles. The van der Waals surface area contributed by atoms with Crippen LogP contribution in [0.1, 0.15) is 44.6 Å². The minimum Gasteiger partial charge on any atom is -0.393 e. The number of aliphatic hydroxyl groups excluding tert-OH is 1. The first kappa shape index (κ1) is 15.3. The Labute approximate surface area is 135 Å². The molecule has 1 aromatic rings. The summed E-state index contributed by atoms with van der Waals surface area (Å²) in [4.78, 5) is 2.54. The van der Waals surface area contributed by atoms with E-state index in [0.29, 0.717) is 12.1 Å². The van der Waals surface area contributed by atoms with Crippen LogP contribution < -0.4 is 10.2 Å². The maximum atomic E-state index is 9.93. The molecule has 0 saturated carbocycles. The Bertz CT molecular complexity index is 480. The molecule has 0 radical (unpaired) electrons. The molecule has 2 fully saturated rings. The fraction of sp³-hybridized carbons (Fsp3) is 0.647. The van der Waals surface area contributed by atoms with Crippen molar-refractivity contribution in [3.63, 3.8) is 0 Å². The van der Waals surface area contributed by atoms with Gasteiger partial charge in [-0.15, -0.1) is 0 Å². The highest BCUT2D eigenvalue weighted by Gasteiger charge is 2.40. The Balaban J connectivity index is 1.73. The molecule has 2 N–H and O–H groups in total. The summed E-state index contributed by atoms with van der Waals surface area (Å²) in [5.41, 5.74) is 2.62. The van der Waals surface area contributed by atoms with Crippen LogP contribution in [-0.4, -0.2) is 29.8 Å². The van der Waals surface area contributed by atoms with E-state index in [9.17, 15) is 5.11 Å². The minimum absolute atomic E-state index is 0.0975. The standard InChI is InChI=1S/C17H25BrN2O/c1-2-7-19-11-12-3-4-15(10-17(12)18)20-13-5-6-14(20)9-16(21)8-13/h3-4,10,13-14,16,19,21H,2,5-9,11H2,1H3. The lowest BCUT2D eigenvalue weighted by molar-refractivity contribution is 0.126. The van der Waals surface area contributed by atoms with Crippen LogP contribution in [0.2, 0.25) is 0 Å². The minimum atomic E-state index is -0.0975. The molecule has 2 aliphatic rings. The third kappa shape index (κ3) is 3.27. The summed E-state index contributed by atoms with van der Waals surface area (Å²) in [6, 6.07) is 7.78. The van der Waals surface area contributed by atoms with Crippen LogP contribution in [0.3, 0.4) is 0 Å². The fourth-order valence-electron chi connectivity index (χ4n) is 3.81. The molecule has 116 valence electrons. The molecule has 2 heterocycles. The number of rotatable bonds is 5. The van der Waals surface area contributed by atoms with E-state index in [4.69, 9.17) is 0 Å². The second-order valence-electron chi connectivity index (χ2n) is 6.37. The van der Waals surface area contributed by atoms with Gasteiger partial charge < -0.3 is 15.3 Å². The second-order valence-corrected chi connectivity index (χ2v) is 7.22. The van der Waals surface area contributed by atoms with Gasteiger partial charge in [0.25, 0.3) is 0 Å². The highest BCUT2D eigenvalue weighted by atomic mass is 79.9. The summed E-state index contributed by atoms with van der Waals surface area (Å²) < 4.78 is 1.19. The van der Waals surface area contributed by atoms with Crippen molar-refractivity contribution in [2.24, 2.45) is 0 Å². The number of hydrogen-bond acceptors (Lipinski definition) is 3. The van der Waals surface area contributed by atoms with Gasteiger partial charge in [0.05, 0.1) is 6.10 Å². The van der Waals surface area contributed by atoms with E-state index in [0.717, 1.165) is 32.4 Å². The Morgan fingerprint density at radius 2 is 2.00 bits per heavy atom. The molecule has 21 heavy (non-hydrogen) atoms. The van der Waals surface area contributed by atoms with Crippen molar-refractivity contribution in [1.29, 1.82) is 0 Å². The summed E-state index contributed by atoms with van der Waals surface area (Å²) in [5.74, 6) is 0. The molecule has 2 atom stereocenters. The molecule has 2 aliphatic heterocycles. The number of piperidine rings is 1. The molecule has 2 saturated heterocycles. The van der Waals surface area contributed by atoms with E-state index in [1.807, 2.05) is 0 Å². The number of nitrogens with one attached hydrogen (secondary N) is 1. The molecule has 0 aromatic heterocycles. The van der Waals surface area contributed by atoms with E-state index >= 15 is 0 Å². The van der Waals surface area contributed by atoms with Gasteiger partial charge in [-0.2, -0.15) is 0 Å². The normalized spacial score (nSPS) is 28.1. The van der Waals surface area contributed by atoms with Gasteiger partial charge in [-0.25, -0.2) is 0 Å². The molecule has 0 amide bonds. The van der Waals surface area contributed by atoms with Crippen molar-refractivity contribution >= 4 is 21.6 Å². The van der Waals surface area contributed by atoms with Crippen molar-refractivity contribution in [1.82, 2.24) is 5.32 Å². The van der Waals surface area contributed by atoms with Crippen LogP contribution in [-0.2, 0) is 6.54 Å². The fourth-order valence-corrected chi connectivity index (χ4v) is 4.32. The van der Waals surface area contributed by atoms with E-state index in [1.165, 1.54) is 28.6 Å². The SMILES string of the molecule is CCCNCc1ccc(N2C3CCC2CC(O)C3)cc1Br. The van der Waals surface area contributed by atoms with Crippen molar-refractivity contribution in [3.05, 3.63) is 28.2 Å². The quantitative estimate of drug-likeness (QED) is 0.796. The second kappa shape index (κ2) is 6.67. The summed E-state index contributed by atoms with van der Waals surface area (Å²) in [5, 5.41) is 13.4. The molecular weight excluding hydrogens is 328 g/mol. The molecule has 0 aliphatic carbocycles. The Morgan fingerprint density at radius 3 is 2.62 bits per heavy atom. The molecule has 3 nitrogen and oxygen atoms in total. The van der Waals surface area contributed by atoms with E-state index in [1.54, 1.807) is 0 Å². The monoisotopic (exact) mass is 352 g/mol. The van der Waals surface area contributed by atoms with Crippen LogP contribution >= 0.6 is 15.9 Å². The van der Waals surface area contributed by atoms with Crippen molar-refractivity contribution in [2.45, 2.75) is 63.8 Å².